The lowest BCUT2D eigenvalue weighted by atomic mass is 9.95. The predicted octanol–water partition coefficient (Wildman–Crippen LogP) is 1.69. The first-order valence-corrected chi connectivity index (χ1v) is 7.89. The largest absolute Gasteiger partial charge is 0.389 e. The molecule has 0 saturated carbocycles. The van der Waals surface area contributed by atoms with Gasteiger partial charge in [-0.3, -0.25) is 4.68 Å². The maximum Gasteiger partial charge on any atom is 0.182 e. The van der Waals surface area contributed by atoms with E-state index in [2.05, 4.69) is 41.2 Å². The summed E-state index contributed by atoms with van der Waals surface area (Å²) in [6, 6.07) is 1.89. The lowest BCUT2D eigenvalue weighted by Crippen LogP contribution is -2.27. The molecule has 8 nitrogen and oxygen atoms in total. The van der Waals surface area contributed by atoms with Gasteiger partial charge in [0.1, 0.15) is 11.5 Å². The summed E-state index contributed by atoms with van der Waals surface area (Å²) in [5, 5.41) is 22.8. The number of aromatic nitrogens is 7. The van der Waals surface area contributed by atoms with Crippen LogP contribution in [0.2, 0.25) is 0 Å². The highest BCUT2D eigenvalue weighted by Crippen LogP contribution is 2.28. The monoisotopic (exact) mass is 329 g/mol. The van der Waals surface area contributed by atoms with Gasteiger partial charge in [-0.05, 0) is 19.9 Å². The first kappa shape index (κ1) is 16.5. The quantitative estimate of drug-likeness (QED) is 0.786. The van der Waals surface area contributed by atoms with Crippen molar-refractivity contribution in [2.45, 2.75) is 52.2 Å². The molecule has 3 aromatic heterocycles. The summed E-state index contributed by atoms with van der Waals surface area (Å²) in [7, 11) is 1.86. The molecular weight excluding hydrogens is 306 g/mol. The average molecular weight is 329 g/mol. The molecule has 0 bridgehead atoms. The zero-order valence-corrected chi connectivity index (χ0v) is 14.9. The number of aryl methyl sites for hydroxylation is 1. The summed E-state index contributed by atoms with van der Waals surface area (Å²) in [5.74, 6) is 0.700. The molecule has 0 aliphatic carbocycles. The van der Waals surface area contributed by atoms with Gasteiger partial charge in [-0.15, -0.1) is 5.10 Å². The summed E-state index contributed by atoms with van der Waals surface area (Å²) in [5.41, 5.74) is 1.63. The Morgan fingerprint density at radius 3 is 2.38 bits per heavy atom. The molecular formula is C16H23N7O. The van der Waals surface area contributed by atoms with Gasteiger partial charge in [-0.25, -0.2) is 14.6 Å². The van der Waals surface area contributed by atoms with Crippen LogP contribution in [-0.4, -0.2) is 45.4 Å². The third-order valence-corrected chi connectivity index (χ3v) is 3.63. The zero-order valence-electron chi connectivity index (χ0n) is 14.9. The van der Waals surface area contributed by atoms with E-state index in [4.69, 9.17) is 4.98 Å². The van der Waals surface area contributed by atoms with E-state index in [0.717, 1.165) is 5.69 Å². The van der Waals surface area contributed by atoms with Gasteiger partial charge in [-0.1, -0.05) is 26.0 Å². The summed E-state index contributed by atoms with van der Waals surface area (Å²) >= 11 is 0. The molecule has 0 aromatic carbocycles. The molecule has 0 aliphatic rings. The lowest BCUT2D eigenvalue weighted by molar-refractivity contribution is 0.0583. The summed E-state index contributed by atoms with van der Waals surface area (Å²) in [6.07, 6.45) is 1.72. The second kappa shape index (κ2) is 5.34. The third kappa shape index (κ3) is 3.01. The van der Waals surface area contributed by atoms with Crippen LogP contribution in [0.25, 0.3) is 22.6 Å². The molecule has 0 amide bonds. The van der Waals surface area contributed by atoms with Crippen molar-refractivity contribution in [1.82, 2.24) is 34.7 Å². The topological polar surface area (TPSA) is 94.5 Å². The summed E-state index contributed by atoms with van der Waals surface area (Å²) in [4.78, 5) is 9.41. The van der Waals surface area contributed by atoms with Crippen LogP contribution in [0.5, 0.6) is 0 Å². The van der Waals surface area contributed by atoms with E-state index >= 15 is 0 Å². The molecule has 0 atom stereocenters. The molecule has 0 saturated heterocycles. The second-order valence-corrected chi connectivity index (χ2v) is 7.72. The van der Waals surface area contributed by atoms with Crippen molar-refractivity contribution < 1.29 is 5.11 Å². The molecule has 0 spiro atoms. The molecule has 3 rings (SSSR count). The highest BCUT2D eigenvalue weighted by atomic mass is 16.3. The smallest absolute Gasteiger partial charge is 0.182 e. The summed E-state index contributed by atoms with van der Waals surface area (Å²) < 4.78 is 3.38. The Morgan fingerprint density at radius 1 is 1.12 bits per heavy atom. The van der Waals surface area contributed by atoms with Gasteiger partial charge < -0.3 is 5.11 Å². The van der Waals surface area contributed by atoms with Crippen LogP contribution < -0.4 is 0 Å². The van der Waals surface area contributed by atoms with Crippen molar-refractivity contribution in [2.75, 3.05) is 0 Å². The van der Waals surface area contributed by atoms with Crippen LogP contribution >= 0.6 is 0 Å². The maximum atomic E-state index is 10.1. The Hall–Kier alpha value is -2.35. The highest BCUT2D eigenvalue weighted by Gasteiger charge is 2.25. The Morgan fingerprint density at radius 2 is 1.83 bits per heavy atom. The van der Waals surface area contributed by atoms with E-state index < -0.39 is 5.60 Å². The Bertz CT molecular complexity index is 880. The SMILES string of the molecule is Cn1nccc1-c1nc(C(C)(C)C)nc2c1nnn2CC(C)(C)O. The van der Waals surface area contributed by atoms with E-state index in [-0.39, 0.29) is 5.41 Å². The van der Waals surface area contributed by atoms with Gasteiger partial charge in [0.2, 0.25) is 0 Å². The minimum Gasteiger partial charge on any atom is -0.389 e. The fourth-order valence-electron chi connectivity index (χ4n) is 2.45. The van der Waals surface area contributed by atoms with Crippen molar-refractivity contribution in [3.05, 3.63) is 18.1 Å². The molecule has 0 radical (unpaired) electrons. The maximum absolute atomic E-state index is 10.1. The minimum absolute atomic E-state index is 0.231. The van der Waals surface area contributed by atoms with Gasteiger partial charge in [-0.2, -0.15) is 5.10 Å². The van der Waals surface area contributed by atoms with E-state index in [1.165, 1.54) is 0 Å². The molecule has 3 aromatic rings. The normalized spacial score (nSPS) is 13.0. The van der Waals surface area contributed by atoms with Crippen LogP contribution in [0.3, 0.4) is 0 Å². The molecule has 3 heterocycles. The Balaban J connectivity index is 2.29. The number of rotatable bonds is 3. The molecule has 1 N–H and O–H groups in total. The van der Waals surface area contributed by atoms with Crippen LogP contribution in [0.15, 0.2) is 12.3 Å². The van der Waals surface area contributed by atoms with E-state index in [0.29, 0.717) is 29.2 Å². The zero-order chi connectivity index (χ0) is 17.7. The molecule has 8 heteroatoms. The number of fused-ring (bicyclic) bond motifs is 1. The minimum atomic E-state index is -0.916. The first-order chi connectivity index (χ1) is 11.1. The van der Waals surface area contributed by atoms with Gasteiger partial charge in [0, 0.05) is 18.7 Å². The van der Waals surface area contributed by atoms with Gasteiger partial charge in [0.05, 0.1) is 17.8 Å². The molecule has 0 unspecified atom stereocenters. The molecule has 0 aliphatic heterocycles. The van der Waals surface area contributed by atoms with E-state index in [1.54, 1.807) is 29.4 Å². The van der Waals surface area contributed by atoms with Gasteiger partial charge in [0.15, 0.2) is 11.2 Å². The fraction of sp³-hybridized carbons (Fsp3) is 0.562. The molecule has 24 heavy (non-hydrogen) atoms. The van der Waals surface area contributed by atoms with Crippen LogP contribution in [0, 0.1) is 0 Å². The van der Waals surface area contributed by atoms with E-state index in [9.17, 15) is 5.11 Å². The van der Waals surface area contributed by atoms with Crippen LogP contribution in [-0.2, 0) is 19.0 Å². The van der Waals surface area contributed by atoms with Crippen molar-refractivity contribution in [3.63, 3.8) is 0 Å². The lowest BCUT2D eigenvalue weighted by Gasteiger charge is -2.19. The number of hydrogen-bond acceptors (Lipinski definition) is 6. The van der Waals surface area contributed by atoms with Crippen LogP contribution in [0.4, 0.5) is 0 Å². The summed E-state index contributed by atoms with van der Waals surface area (Å²) in [6.45, 7) is 9.94. The third-order valence-electron chi connectivity index (χ3n) is 3.63. The van der Waals surface area contributed by atoms with Crippen LogP contribution in [0.1, 0.15) is 40.4 Å². The van der Waals surface area contributed by atoms with E-state index in [1.807, 2.05) is 13.1 Å². The van der Waals surface area contributed by atoms with Crippen molar-refractivity contribution >= 4 is 11.2 Å². The van der Waals surface area contributed by atoms with Gasteiger partial charge >= 0.3 is 0 Å². The standard InChI is InChI=1S/C16H23N7O/c1-15(2,3)14-18-11(10-7-8-17-22(10)6)12-13(19-14)23(21-20-12)9-16(4,5)24/h7-8,24H,9H2,1-6H3. The predicted molar refractivity (Wildman–Crippen MR) is 90.3 cm³/mol. The number of nitrogens with zero attached hydrogens (tertiary/aromatic N) is 7. The Labute approximate surface area is 140 Å². The van der Waals surface area contributed by atoms with Crippen molar-refractivity contribution in [1.29, 1.82) is 0 Å². The fourth-order valence-corrected chi connectivity index (χ4v) is 2.45. The molecule has 0 fully saturated rings. The van der Waals surface area contributed by atoms with Crippen molar-refractivity contribution in [3.8, 4) is 11.4 Å². The number of aliphatic hydroxyl groups is 1. The first-order valence-electron chi connectivity index (χ1n) is 7.89. The number of hydrogen-bond donors (Lipinski definition) is 1. The van der Waals surface area contributed by atoms with Gasteiger partial charge in [0.25, 0.3) is 0 Å². The average Bonchev–Trinajstić information content (AvgIpc) is 3.02. The Kier molecular flexibility index (Phi) is 3.67. The second-order valence-electron chi connectivity index (χ2n) is 7.72. The highest BCUT2D eigenvalue weighted by molar-refractivity contribution is 5.85. The van der Waals surface area contributed by atoms with Crippen molar-refractivity contribution in [2.24, 2.45) is 7.05 Å². The molecule has 128 valence electrons.